The van der Waals surface area contributed by atoms with Gasteiger partial charge in [0.25, 0.3) is 5.60 Å². The topological polar surface area (TPSA) is 99.1 Å². The first-order valence-electron chi connectivity index (χ1n) is 10.3. The number of halogens is 3. The smallest absolute Gasteiger partial charge is 0.432 e. The lowest BCUT2D eigenvalue weighted by Crippen LogP contribution is -2.53. The molecule has 35 heavy (non-hydrogen) atoms. The molecule has 1 heterocycles. The third-order valence-electron chi connectivity index (χ3n) is 5.91. The summed E-state index contributed by atoms with van der Waals surface area (Å²) in [6.07, 6.45) is -8.30. The van der Waals surface area contributed by atoms with Crippen LogP contribution in [0.25, 0.3) is 0 Å². The Labute approximate surface area is 197 Å². The number of carbonyl (C=O) groups excluding carboxylic acids is 3. The van der Waals surface area contributed by atoms with Gasteiger partial charge in [-0.05, 0) is 18.6 Å². The number of hydrogen-bond acceptors (Lipinski definition) is 7. The Morgan fingerprint density at radius 3 is 2.29 bits per heavy atom. The van der Waals surface area contributed by atoms with E-state index in [2.05, 4.69) is 6.58 Å². The van der Waals surface area contributed by atoms with Crippen molar-refractivity contribution in [3.8, 4) is 5.75 Å². The van der Waals surface area contributed by atoms with Gasteiger partial charge in [-0.3, -0.25) is 9.59 Å². The molecule has 0 bridgehead atoms. The number of ether oxygens (including phenoxy) is 3. The van der Waals surface area contributed by atoms with Crippen LogP contribution >= 0.6 is 0 Å². The van der Waals surface area contributed by atoms with Gasteiger partial charge in [-0.25, -0.2) is 4.79 Å². The number of rotatable bonds is 5. The zero-order chi connectivity index (χ0) is 25.7. The van der Waals surface area contributed by atoms with Crippen molar-refractivity contribution >= 4 is 17.5 Å². The molecule has 4 rings (SSSR count). The molecule has 0 fully saturated rings. The van der Waals surface area contributed by atoms with Crippen LogP contribution in [0, 0.1) is 0 Å². The molecule has 10 heteroatoms. The van der Waals surface area contributed by atoms with E-state index in [4.69, 9.17) is 14.2 Å². The molecule has 2 aliphatic rings. The Morgan fingerprint density at radius 1 is 1.06 bits per heavy atom. The monoisotopic (exact) mass is 488 g/mol. The summed E-state index contributed by atoms with van der Waals surface area (Å²) < 4.78 is 58.6. The number of Topliss-reactive ketones (excluding diaryl/α,β-unsaturated/α-hetero) is 2. The van der Waals surface area contributed by atoms with Crippen molar-refractivity contribution in [2.45, 2.75) is 30.9 Å². The molecule has 3 atom stereocenters. The lowest BCUT2D eigenvalue weighted by molar-refractivity contribution is -0.278. The van der Waals surface area contributed by atoms with Crippen molar-refractivity contribution in [1.82, 2.24) is 0 Å². The first kappa shape index (κ1) is 24.2. The number of fused-ring (bicyclic) bond motifs is 1. The molecule has 2 aromatic carbocycles. The van der Waals surface area contributed by atoms with Crippen molar-refractivity contribution in [3.63, 3.8) is 0 Å². The van der Waals surface area contributed by atoms with E-state index >= 15 is 0 Å². The van der Waals surface area contributed by atoms with Gasteiger partial charge in [0.2, 0.25) is 5.78 Å². The zero-order valence-corrected chi connectivity index (χ0v) is 18.5. The van der Waals surface area contributed by atoms with Crippen LogP contribution in [0.1, 0.15) is 33.2 Å². The zero-order valence-electron chi connectivity index (χ0n) is 18.5. The fourth-order valence-electron chi connectivity index (χ4n) is 4.23. The standard InChI is InChI=1S/C25H19F3O7/c1-12(2)20-22(17-18(30)14-10-7-11-15(29)16(14)19(31)21(17)34-20)35-23(32)24(33-3,25(26,27)28)13-8-5-4-6-9-13/h4-11,20,22,29H,1H2,2-3H3/t20-,22+,24+/m1/s1. The van der Waals surface area contributed by atoms with Crippen LogP contribution in [0.5, 0.6) is 5.75 Å². The average molecular weight is 488 g/mol. The number of benzene rings is 2. The molecule has 2 aromatic rings. The van der Waals surface area contributed by atoms with Crippen molar-refractivity contribution < 1.29 is 46.9 Å². The van der Waals surface area contributed by atoms with Crippen molar-refractivity contribution in [2.75, 3.05) is 7.11 Å². The Morgan fingerprint density at radius 2 is 1.71 bits per heavy atom. The van der Waals surface area contributed by atoms with E-state index in [1.54, 1.807) is 0 Å². The maximum absolute atomic E-state index is 14.3. The number of aromatic hydroxyl groups is 1. The minimum absolute atomic E-state index is 0.181. The molecule has 1 N–H and O–H groups in total. The van der Waals surface area contributed by atoms with E-state index in [1.165, 1.54) is 43.3 Å². The van der Waals surface area contributed by atoms with E-state index in [-0.39, 0.29) is 16.7 Å². The van der Waals surface area contributed by atoms with Gasteiger partial charge >= 0.3 is 12.1 Å². The Balaban J connectivity index is 1.82. The molecule has 0 amide bonds. The summed E-state index contributed by atoms with van der Waals surface area (Å²) >= 11 is 0. The molecule has 1 aliphatic carbocycles. The van der Waals surface area contributed by atoms with Crippen LogP contribution in [0.4, 0.5) is 13.2 Å². The molecule has 0 spiro atoms. The van der Waals surface area contributed by atoms with Gasteiger partial charge < -0.3 is 19.3 Å². The van der Waals surface area contributed by atoms with E-state index in [0.29, 0.717) is 7.11 Å². The molecule has 0 unspecified atom stereocenters. The largest absolute Gasteiger partial charge is 0.507 e. The molecule has 0 saturated carbocycles. The summed E-state index contributed by atoms with van der Waals surface area (Å²) in [5, 5.41) is 10.1. The molecule has 7 nitrogen and oxygen atoms in total. The first-order chi connectivity index (χ1) is 16.5. The second kappa shape index (κ2) is 8.38. The number of esters is 1. The molecule has 1 aliphatic heterocycles. The molecule has 182 valence electrons. The van der Waals surface area contributed by atoms with Crippen LogP contribution in [0.2, 0.25) is 0 Å². The number of alkyl halides is 3. The van der Waals surface area contributed by atoms with Gasteiger partial charge in [0, 0.05) is 18.2 Å². The van der Waals surface area contributed by atoms with Gasteiger partial charge in [-0.1, -0.05) is 49.0 Å². The minimum atomic E-state index is -5.25. The van der Waals surface area contributed by atoms with E-state index < -0.39 is 64.2 Å². The van der Waals surface area contributed by atoms with Crippen molar-refractivity contribution in [1.29, 1.82) is 0 Å². The highest BCUT2D eigenvalue weighted by Gasteiger charge is 2.65. The minimum Gasteiger partial charge on any atom is -0.507 e. The van der Waals surface area contributed by atoms with E-state index in [9.17, 15) is 32.7 Å². The van der Waals surface area contributed by atoms with Gasteiger partial charge in [0.1, 0.15) is 5.75 Å². The molecule has 0 saturated heterocycles. The maximum atomic E-state index is 14.3. The van der Waals surface area contributed by atoms with Gasteiger partial charge in [0.15, 0.2) is 23.8 Å². The van der Waals surface area contributed by atoms with Crippen LogP contribution in [-0.2, 0) is 24.6 Å². The maximum Gasteiger partial charge on any atom is 0.432 e. The van der Waals surface area contributed by atoms with Crippen molar-refractivity contribution in [2.24, 2.45) is 0 Å². The fraction of sp³-hybridized carbons (Fsp3) is 0.240. The SMILES string of the molecule is C=C(C)[C@H]1OC2=C(C(=O)c3cccc(O)c3C2=O)[C@@H]1OC(=O)[C@@](OC)(c1ccccc1)C(F)(F)F. The van der Waals surface area contributed by atoms with Crippen molar-refractivity contribution in [3.05, 3.63) is 88.7 Å². The first-order valence-corrected chi connectivity index (χ1v) is 10.3. The lowest BCUT2D eigenvalue weighted by atomic mass is 9.85. The Hall–Kier alpha value is -3.92. The number of ketones is 2. The highest BCUT2D eigenvalue weighted by molar-refractivity contribution is 6.28. The molecule has 0 aromatic heterocycles. The van der Waals surface area contributed by atoms with Crippen LogP contribution in [0.3, 0.4) is 0 Å². The van der Waals surface area contributed by atoms with Crippen LogP contribution in [0.15, 0.2) is 72.0 Å². The summed E-state index contributed by atoms with van der Waals surface area (Å²) in [4.78, 5) is 39.5. The fourth-order valence-corrected chi connectivity index (χ4v) is 4.23. The van der Waals surface area contributed by atoms with Gasteiger partial charge in [-0.15, -0.1) is 0 Å². The number of allylic oxidation sites excluding steroid dienone is 1. The molecular formula is C25H19F3O7. The summed E-state index contributed by atoms with van der Waals surface area (Å²) in [6, 6.07) is 9.96. The summed E-state index contributed by atoms with van der Waals surface area (Å²) in [6.45, 7) is 5.13. The summed E-state index contributed by atoms with van der Waals surface area (Å²) in [5.74, 6) is -4.54. The summed E-state index contributed by atoms with van der Waals surface area (Å²) in [7, 11) is 0.710. The summed E-state index contributed by atoms with van der Waals surface area (Å²) in [5.41, 5.74) is -4.82. The van der Waals surface area contributed by atoms with E-state index in [1.807, 2.05) is 0 Å². The Bertz CT molecular complexity index is 1280. The number of hydrogen-bond donors (Lipinski definition) is 1. The third-order valence-corrected chi connectivity index (χ3v) is 5.91. The quantitative estimate of drug-likeness (QED) is 0.502. The molecular weight excluding hydrogens is 469 g/mol. The Kier molecular flexibility index (Phi) is 5.80. The number of phenolic OH excluding ortho intramolecular Hbond substituents is 1. The highest BCUT2D eigenvalue weighted by Crippen LogP contribution is 2.46. The normalized spacial score (nSPS) is 21.1. The molecule has 0 radical (unpaired) electrons. The average Bonchev–Trinajstić information content (AvgIpc) is 3.18. The predicted octanol–water partition coefficient (Wildman–Crippen LogP) is 4.02. The lowest BCUT2D eigenvalue weighted by Gasteiger charge is -2.34. The van der Waals surface area contributed by atoms with Gasteiger partial charge in [0.05, 0.1) is 11.1 Å². The van der Waals surface area contributed by atoms with Crippen LogP contribution in [-0.4, -0.2) is 48.1 Å². The van der Waals surface area contributed by atoms with E-state index in [0.717, 1.165) is 12.1 Å². The van der Waals surface area contributed by atoms with Crippen LogP contribution < -0.4 is 0 Å². The van der Waals surface area contributed by atoms with Gasteiger partial charge in [-0.2, -0.15) is 13.2 Å². The number of methoxy groups -OCH3 is 1. The second-order valence-electron chi connectivity index (χ2n) is 8.06. The number of phenols is 1. The highest BCUT2D eigenvalue weighted by atomic mass is 19.4. The predicted molar refractivity (Wildman–Crippen MR) is 115 cm³/mol. The number of carbonyl (C=O) groups is 3. The third kappa shape index (κ3) is 3.52. The second-order valence-corrected chi connectivity index (χ2v) is 8.06.